The SMILES string of the molecule is C=CCN(CC=C)C(=O)c1[nH]c2ccc(Cl)cc2c1Cl. The fraction of sp³-hybridized carbons (Fsp3) is 0.133. The van der Waals surface area contributed by atoms with Crippen molar-refractivity contribution in [2.45, 2.75) is 0 Å². The van der Waals surface area contributed by atoms with Crippen molar-refractivity contribution in [3.63, 3.8) is 0 Å². The summed E-state index contributed by atoms with van der Waals surface area (Å²) in [5.74, 6) is -0.192. The second-order valence-electron chi connectivity index (χ2n) is 4.29. The third-order valence-corrected chi connectivity index (χ3v) is 3.52. The molecule has 1 aromatic heterocycles. The summed E-state index contributed by atoms with van der Waals surface area (Å²) < 4.78 is 0. The largest absolute Gasteiger partial charge is 0.349 e. The van der Waals surface area contributed by atoms with Crippen LogP contribution in [0.5, 0.6) is 0 Å². The molecule has 0 aliphatic heterocycles. The van der Waals surface area contributed by atoms with Gasteiger partial charge in [0.15, 0.2) is 0 Å². The number of aromatic nitrogens is 1. The van der Waals surface area contributed by atoms with E-state index in [2.05, 4.69) is 18.1 Å². The molecule has 5 heteroatoms. The molecule has 2 aromatic rings. The van der Waals surface area contributed by atoms with Crippen LogP contribution in [0.3, 0.4) is 0 Å². The highest BCUT2D eigenvalue weighted by molar-refractivity contribution is 6.39. The topological polar surface area (TPSA) is 36.1 Å². The number of H-pyrrole nitrogens is 1. The van der Waals surface area contributed by atoms with E-state index in [-0.39, 0.29) is 5.91 Å². The molecular weight excluding hydrogens is 295 g/mol. The molecule has 1 N–H and O–H groups in total. The van der Waals surface area contributed by atoms with E-state index in [1.165, 1.54) is 0 Å². The summed E-state index contributed by atoms with van der Waals surface area (Å²) in [6.45, 7) is 8.15. The van der Waals surface area contributed by atoms with E-state index in [0.717, 1.165) is 10.9 Å². The number of nitrogens with zero attached hydrogens (tertiary/aromatic N) is 1. The molecule has 104 valence electrons. The molecule has 0 atom stereocenters. The molecule has 0 aliphatic carbocycles. The summed E-state index contributed by atoms with van der Waals surface area (Å²) in [5, 5.41) is 1.69. The van der Waals surface area contributed by atoms with Gasteiger partial charge in [-0.05, 0) is 18.2 Å². The summed E-state index contributed by atoms with van der Waals surface area (Å²) >= 11 is 12.2. The second-order valence-corrected chi connectivity index (χ2v) is 5.11. The van der Waals surface area contributed by atoms with Crippen LogP contribution in [0.15, 0.2) is 43.5 Å². The molecule has 0 saturated carbocycles. The molecule has 0 bridgehead atoms. The molecular formula is C15H14Cl2N2O. The first-order chi connectivity index (χ1) is 9.58. The maximum Gasteiger partial charge on any atom is 0.272 e. The zero-order chi connectivity index (χ0) is 14.7. The van der Waals surface area contributed by atoms with Gasteiger partial charge in [-0.2, -0.15) is 0 Å². The van der Waals surface area contributed by atoms with Crippen molar-refractivity contribution < 1.29 is 4.79 Å². The monoisotopic (exact) mass is 308 g/mol. The van der Waals surface area contributed by atoms with Gasteiger partial charge in [-0.15, -0.1) is 13.2 Å². The minimum Gasteiger partial charge on any atom is -0.349 e. The number of fused-ring (bicyclic) bond motifs is 1. The second kappa shape index (κ2) is 6.16. The lowest BCUT2D eigenvalue weighted by Gasteiger charge is -2.18. The Hall–Kier alpha value is -1.71. The van der Waals surface area contributed by atoms with Gasteiger partial charge in [0.05, 0.1) is 5.02 Å². The van der Waals surface area contributed by atoms with Crippen molar-refractivity contribution in [2.24, 2.45) is 0 Å². The first-order valence-electron chi connectivity index (χ1n) is 6.06. The van der Waals surface area contributed by atoms with Gasteiger partial charge in [-0.25, -0.2) is 0 Å². The van der Waals surface area contributed by atoms with Crippen molar-refractivity contribution in [1.82, 2.24) is 9.88 Å². The first kappa shape index (κ1) is 14.7. The summed E-state index contributed by atoms with van der Waals surface area (Å²) in [6.07, 6.45) is 3.32. The summed E-state index contributed by atoms with van der Waals surface area (Å²) in [6, 6.07) is 5.28. The van der Waals surface area contributed by atoms with E-state index in [4.69, 9.17) is 23.2 Å². The van der Waals surface area contributed by atoms with Gasteiger partial charge in [0.2, 0.25) is 0 Å². The minimum absolute atomic E-state index is 0.192. The number of aromatic amines is 1. The molecule has 20 heavy (non-hydrogen) atoms. The van der Waals surface area contributed by atoms with Crippen molar-refractivity contribution in [3.8, 4) is 0 Å². The maximum absolute atomic E-state index is 12.5. The van der Waals surface area contributed by atoms with Gasteiger partial charge in [0.25, 0.3) is 5.91 Å². The lowest BCUT2D eigenvalue weighted by atomic mass is 10.2. The molecule has 0 spiro atoms. The van der Waals surface area contributed by atoms with Gasteiger partial charge < -0.3 is 9.88 Å². The van der Waals surface area contributed by atoms with Gasteiger partial charge in [-0.1, -0.05) is 35.4 Å². The lowest BCUT2D eigenvalue weighted by Crippen LogP contribution is -2.31. The first-order valence-corrected chi connectivity index (χ1v) is 6.82. The van der Waals surface area contributed by atoms with Crippen molar-refractivity contribution in [1.29, 1.82) is 0 Å². The molecule has 1 heterocycles. The molecule has 0 unspecified atom stereocenters. The summed E-state index contributed by atoms with van der Waals surface area (Å²) in [5.41, 5.74) is 1.13. The fourth-order valence-electron chi connectivity index (χ4n) is 1.99. The smallest absolute Gasteiger partial charge is 0.272 e. The predicted molar refractivity (Wildman–Crippen MR) is 84.6 cm³/mol. The standard InChI is InChI=1S/C15H14Cl2N2O/c1-3-7-19(8-4-2)15(20)14-13(17)11-9-10(16)5-6-12(11)18-14/h3-6,9,18H,1-2,7-8H2. The van der Waals surface area contributed by atoms with Gasteiger partial charge in [-0.3, -0.25) is 4.79 Å². The van der Waals surface area contributed by atoms with E-state index in [1.807, 2.05) is 0 Å². The molecule has 0 radical (unpaired) electrons. The normalized spacial score (nSPS) is 10.5. The number of amides is 1. The van der Waals surface area contributed by atoms with Crippen LogP contribution < -0.4 is 0 Å². The third kappa shape index (κ3) is 2.74. The fourth-order valence-corrected chi connectivity index (χ4v) is 2.45. The van der Waals surface area contributed by atoms with E-state index < -0.39 is 0 Å². The number of benzene rings is 1. The van der Waals surface area contributed by atoms with Crippen LogP contribution in [0.25, 0.3) is 10.9 Å². The zero-order valence-corrected chi connectivity index (χ0v) is 12.3. The number of rotatable bonds is 5. The Morgan fingerprint density at radius 2 is 1.90 bits per heavy atom. The van der Waals surface area contributed by atoms with E-state index >= 15 is 0 Å². The predicted octanol–water partition coefficient (Wildman–Crippen LogP) is 4.29. The van der Waals surface area contributed by atoms with Gasteiger partial charge >= 0.3 is 0 Å². The number of hydrogen-bond donors (Lipinski definition) is 1. The molecule has 2 rings (SSSR count). The van der Waals surface area contributed by atoms with Crippen LogP contribution in [-0.4, -0.2) is 28.9 Å². The minimum atomic E-state index is -0.192. The molecule has 1 aromatic carbocycles. The Morgan fingerprint density at radius 3 is 2.50 bits per heavy atom. The van der Waals surface area contributed by atoms with Gasteiger partial charge in [0.1, 0.15) is 5.69 Å². The molecule has 0 fully saturated rings. The van der Waals surface area contributed by atoms with Crippen LogP contribution >= 0.6 is 23.2 Å². The maximum atomic E-state index is 12.5. The average molecular weight is 309 g/mol. The van der Waals surface area contributed by atoms with Crippen LogP contribution in [0.2, 0.25) is 10.0 Å². The number of carbonyl (C=O) groups excluding carboxylic acids is 1. The molecule has 0 saturated heterocycles. The quantitative estimate of drug-likeness (QED) is 0.822. The van der Waals surface area contributed by atoms with Crippen molar-refractivity contribution in [2.75, 3.05) is 13.1 Å². The van der Waals surface area contributed by atoms with Crippen molar-refractivity contribution >= 4 is 40.0 Å². The third-order valence-electron chi connectivity index (χ3n) is 2.90. The van der Waals surface area contributed by atoms with Crippen LogP contribution in [0.1, 0.15) is 10.5 Å². The highest BCUT2D eigenvalue weighted by Crippen LogP contribution is 2.30. The number of carbonyl (C=O) groups is 1. The molecule has 3 nitrogen and oxygen atoms in total. The van der Waals surface area contributed by atoms with Crippen LogP contribution in [0.4, 0.5) is 0 Å². The molecule has 1 amide bonds. The zero-order valence-electron chi connectivity index (χ0n) is 10.8. The number of hydrogen-bond acceptors (Lipinski definition) is 1. The Labute approximate surface area is 127 Å². The van der Waals surface area contributed by atoms with Gasteiger partial charge in [0, 0.05) is 29.0 Å². The lowest BCUT2D eigenvalue weighted by molar-refractivity contribution is 0.0786. The van der Waals surface area contributed by atoms with Crippen LogP contribution in [0, 0.1) is 0 Å². The summed E-state index contributed by atoms with van der Waals surface area (Å²) in [4.78, 5) is 17.1. The Morgan fingerprint density at radius 1 is 1.25 bits per heavy atom. The molecule has 0 aliphatic rings. The Kier molecular flexibility index (Phi) is 4.53. The van der Waals surface area contributed by atoms with E-state index in [9.17, 15) is 4.79 Å². The summed E-state index contributed by atoms with van der Waals surface area (Å²) in [7, 11) is 0. The number of halogens is 2. The highest BCUT2D eigenvalue weighted by atomic mass is 35.5. The highest BCUT2D eigenvalue weighted by Gasteiger charge is 2.20. The average Bonchev–Trinajstić information content (AvgIpc) is 2.75. The van der Waals surface area contributed by atoms with E-state index in [0.29, 0.717) is 28.8 Å². The van der Waals surface area contributed by atoms with Crippen LogP contribution in [-0.2, 0) is 0 Å². The Balaban J connectivity index is 2.45. The number of nitrogens with one attached hydrogen (secondary N) is 1. The van der Waals surface area contributed by atoms with E-state index in [1.54, 1.807) is 35.3 Å². The van der Waals surface area contributed by atoms with Crippen molar-refractivity contribution in [3.05, 3.63) is 59.2 Å². The Bertz CT molecular complexity index is 666.